The van der Waals surface area contributed by atoms with Crippen LogP contribution in [0.25, 0.3) is 0 Å². The first-order chi connectivity index (χ1) is 9.76. The average molecular weight is 294 g/mol. The Morgan fingerprint density at radius 1 is 1.33 bits per heavy atom. The standard InChI is InChI=1S/C15H22N2O4/c1-15(2,3)21-14(20)17-7-6-16-11(9-17)10-4-5-12(18)13(19)8-10/h4-5,8,11,16,18-19H,6-7,9H2,1-3H3. The maximum atomic E-state index is 12.1. The molecular formula is C15H22N2O4. The Labute approximate surface area is 124 Å². The van der Waals surface area contributed by atoms with E-state index in [0.717, 1.165) is 5.56 Å². The van der Waals surface area contributed by atoms with E-state index in [1.54, 1.807) is 11.0 Å². The minimum Gasteiger partial charge on any atom is -0.504 e. The van der Waals surface area contributed by atoms with Crippen molar-refractivity contribution in [2.45, 2.75) is 32.4 Å². The summed E-state index contributed by atoms with van der Waals surface area (Å²) >= 11 is 0. The van der Waals surface area contributed by atoms with Gasteiger partial charge >= 0.3 is 6.09 Å². The molecule has 0 radical (unpaired) electrons. The van der Waals surface area contributed by atoms with Crippen LogP contribution in [-0.4, -0.2) is 46.4 Å². The van der Waals surface area contributed by atoms with Gasteiger partial charge in [-0.15, -0.1) is 0 Å². The molecule has 116 valence electrons. The Balaban J connectivity index is 2.06. The Kier molecular flexibility index (Phi) is 4.27. The van der Waals surface area contributed by atoms with Gasteiger partial charge in [0.2, 0.25) is 0 Å². The van der Waals surface area contributed by atoms with Crippen LogP contribution in [0.4, 0.5) is 4.79 Å². The minimum atomic E-state index is -0.520. The zero-order valence-electron chi connectivity index (χ0n) is 12.6. The molecular weight excluding hydrogens is 272 g/mol. The number of piperazine rings is 1. The fourth-order valence-corrected chi connectivity index (χ4v) is 2.22. The van der Waals surface area contributed by atoms with Crippen molar-refractivity contribution >= 4 is 6.09 Å². The number of phenolic OH excluding ortho intramolecular Hbond substituents is 2. The van der Waals surface area contributed by atoms with Crippen molar-refractivity contribution in [3.05, 3.63) is 23.8 Å². The number of hydrogen-bond acceptors (Lipinski definition) is 5. The van der Waals surface area contributed by atoms with Crippen molar-refractivity contribution < 1.29 is 19.7 Å². The van der Waals surface area contributed by atoms with Gasteiger partial charge in [-0.25, -0.2) is 4.79 Å². The van der Waals surface area contributed by atoms with Crippen molar-refractivity contribution in [2.24, 2.45) is 0 Å². The van der Waals surface area contributed by atoms with Crippen molar-refractivity contribution in [3.8, 4) is 11.5 Å². The fourth-order valence-electron chi connectivity index (χ4n) is 2.22. The number of nitrogens with zero attached hydrogens (tertiary/aromatic N) is 1. The molecule has 1 saturated heterocycles. The minimum absolute atomic E-state index is 0.0993. The van der Waals surface area contributed by atoms with Crippen LogP contribution in [0.5, 0.6) is 11.5 Å². The first-order valence-corrected chi connectivity index (χ1v) is 6.99. The van der Waals surface area contributed by atoms with E-state index in [1.807, 2.05) is 20.8 Å². The number of amides is 1. The molecule has 6 nitrogen and oxygen atoms in total. The first-order valence-electron chi connectivity index (χ1n) is 6.99. The van der Waals surface area contributed by atoms with Crippen LogP contribution in [0, 0.1) is 0 Å². The quantitative estimate of drug-likeness (QED) is 0.690. The maximum Gasteiger partial charge on any atom is 0.410 e. The van der Waals surface area contributed by atoms with Gasteiger partial charge < -0.3 is 25.2 Å². The molecule has 1 unspecified atom stereocenters. The predicted molar refractivity (Wildman–Crippen MR) is 78.3 cm³/mol. The molecule has 1 aliphatic rings. The number of carbonyl (C=O) groups excluding carboxylic acids is 1. The van der Waals surface area contributed by atoms with Crippen LogP contribution in [0.2, 0.25) is 0 Å². The number of rotatable bonds is 1. The Bertz CT molecular complexity index is 525. The summed E-state index contributed by atoms with van der Waals surface area (Å²) < 4.78 is 5.37. The van der Waals surface area contributed by atoms with Crippen LogP contribution in [0.15, 0.2) is 18.2 Å². The highest BCUT2D eigenvalue weighted by Crippen LogP contribution is 2.29. The smallest absolute Gasteiger partial charge is 0.410 e. The highest BCUT2D eigenvalue weighted by atomic mass is 16.6. The third-order valence-corrected chi connectivity index (χ3v) is 3.23. The van der Waals surface area contributed by atoms with E-state index in [9.17, 15) is 15.0 Å². The van der Waals surface area contributed by atoms with E-state index in [-0.39, 0.29) is 23.6 Å². The highest BCUT2D eigenvalue weighted by Gasteiger charge is 2.28. The van der Waals surface area contributed by atoms with E-state index in [2.05, 4.69) is 5.32 Å². The molecule has 2 rings (SSSR count). The number of carbonyl (C=O) groups is 1. The summed E-state index contributed by atoms with van der Waals surface area (Å²) in [5.41, 5.74) is 0.299. The summed E-state index contributed by atoms with van der Waals surface area (Å²) in [6.45, 7) is 7.19. The molecule has 0 spiro atoms. The fraction of sp³-hybridized carbons (Fsp3) is 0.533. The van der Waals surface area contributed by atoms with E-state index >= 15 is 0 Å². The first kappa shape index (κ1) is 15.4. The predicted octanol–water partition coefficient (Wildman–Crippen LogP) is 1.98. The van der Waals surface area contributed by atoms with E-state index < -0.39 is 5.60 Å². The normalized spacial score (nSPS) is 19.4. The molecule has 1 heterocycles. The SMILES string of the molecule is CC(C)(C)OC(=O)N1CCNC(c2ccc(O)c(O)c2)C1. The molecule has 6 heteroatoms. The van der Waals surface area contributed by atoms with Gasteiger partial charge in [0.25, 0.3) is 0 Å². The second-order valence-corrected chi connectivity index (χ2v) is 6.18. The van der Waals surface area contributed by atoms with Crippen molar-refractivity contribution in [1.29, 1.82) is 0 Å². The van der Waals surface area contributed by atoms with Gasteiger partial charge in [-0.05, 0) is 38.5 Å². The third kappa shape index (κ3) is 4.01. The van der Waals surface area contributed by atoms with E-state index in [4.69, 9.17) is 4.74 Å². The molecule has 21 heavy (non-hydrogen) atoms. The van der Waals surface area contributed by atoms with Crippen LogP contribution < -0.4 is 5.32 Å². The molecule has 1 aromatic rings. The Hall–Kier alpha value is -1.95. The summed E-state index contributed by atoms with van der Waals surface area (Å²) in [5, 5.41) is 22.2. The molecule has 1 aliphatic heterocycles. The van der Waals surface area contributed by atoms with E-state index in [0.29, 0.717) is 19.6 Å². The van der Waals surface area contributed by atoms with Gasteiger partial charge in [0.1, 0.15) is 5.60 Å². The Morgan fingerprint density at radius 2 is 2.05 bits per heavy atom. The zero-order chi connectivity index (χ0) is 15.6. The monoisotopic (exact) mass is 294 g/mol. The average Bonchev–Trinajstić information content (AvgIpc) is 2.40. The van der Waals surface area contributed by atoms with Gasteiger partial charge in [0, 0.05) is 19.6 Å². The number of phenols is 2. The van der Waals surface area contributed by atoms with Crippen molar-refractivity contribution in [3.63, 3.8) is 0 Å². The lowest BCUT2D eigenvalue weighted by Gasteiger charge is -2.35. The zero-order valence-corrected chi connectivity index (χ0v) is 12.6. The van der Waals surface area contributed by atoms with Gasteiger partial charge in [-0.2, -0.15) is 0 Å². The van der Waals surface area contributed by atoms with Crippen molar-refractivity contribution in [2.75, 3.05) is 19.6 Å². The largest absolute Gasteiger partial charge is 0.504 e. The molecule has 0 bridgehead atoms. The van der Waals surface area contributed by atoms with Gasteiger partial charge in [0.15, 0.2) is 11.5 Å². The molecule has 3 N–H and O–H groups in total. The lowest BCUT2D eigenvalue weighted by atomic mass is 10.0. The summed E-state index contributed by atoms with van der Waals surface area (Å²) in [4.78, 5) is 13.7. The number of ether oxygens (including phenoxy) is 1. The van der Waals surface area contributed by atoms with E-state index in [1.165, 1.54) is 12.1 Å². The van der Waals surface area contributed by atoms with Gasteiger partial charge in [0.05, 0.1) is 6.04 Å². The van der Waals surface area contributed by atoms with Crippen LogP contribution in [-0.2, 0) is 4.74 Å². The number of aromatic hydroxyl groups is 2. The molecule has 1 amide bonds. The van der Waals surface area contributed by atoms with Crippen LogP contribution in [0.3, 0.4) is 0 Å². The topological polar surface area (TPSA) is 82.0 Å². The number of hydrogen-bond donors (Lipinski definition) is 3. The number of nitrogens with one attached hydrogen (secondary N) is 1. The maximum absolute atomic E-state index is 12.1. The van der Waals surface area contributed by atoms with Crippen LogP contribution in [0.1, 0.15) is 32.4 Å². The van der Waals surface area contributed by atoms with Crippen LogP contribution >= 0.6 is 0 Å². The Morgan fingerprint density at radius 3 is 2.67 bits per heavy atom. The van der Waals surface area contributed by atoms with Gasteiger partial charge in [-0.3, -0.25) is 0 Å². The lowest BCUT2D eigenvalue weighted by molar-refractivity contribution is 0.0195. The molecule has 1 fully saturated rings. The second-order valence-electron chi connectivity index (χ2n) is 6.18. The van der Waals surface area contributed by atoms with Crippen molar-refractivity contribution in [1.82, 2.24) is 10.2 Å². The second kappa shape index (κ2) is 5.81. The third-order valence-electron chi connectivity index (χ3n) is 3.23. The molecule has 1 aromatic carbocycles. The molecule has 0 aromatic heterocycles. The summed E-state index contributed by atoms with van der Waals surface area (Å²) in [7, 11) is 0. The molecule has 0 aliphatic carbocycles. The molecule has 1 atom stereocenters. The highest BCUT2D eigenvalue weighted by molar-refractivity contribution is 5.68. The lowest BCUT2D eigenvalue weighted by Crippen LogP contribution is -2.49. The summed E-state index contributed by atoms with van der Waals surface area (Å²) in [5.74, 6) is -0.317. The summed E-state index contributed by atoms with van der Waals surface area (Å²) in [6.07, 6.45) is -0.336. The number of benzene rings is 1. The molecule has 0 saturated carbocycles. The summed E-state index contributed by atoms with van der Waals surface area (Å²) in [6, 6.07) is 4.58. The van der Waals surface area contributed by atoms with Gasteiger partial charge in [-0.1, -0.05) is 6.07 Å².